The second kappa shape index (κ2) is 7.78. The summed E-state index contributed by atoms with van der Waals surface area (Å²) in [5, 5.41) is 8.86. The van der Waals surface area contributed by atoms with Gasteiger partial charge in [-0.1, -0.05) is 30.0 Å². The summed E-state index contributed by atoms with van der Waals surface area (Å²) in [5.74, 6) is 7.34. The first kappa shape index (κ1) is 15.5. The number of benzene rings is 2. The molecule has 0 saturated heterocycles. The number of aryl methyl sites for hydroxylation is 1. The van der Waals surface area contributed by atoms with Crippen molar-refractivity contribution in [3.05, 3.63) is 59.2 Å². The first-order chi connectivity index (χ1) is 10.2. The molecule has 2 rings (SSSR count). The third-order valence-corrected chi connectivity index (χ3v) is 4.32. The van der Waals surface area contributed by atoms with E-state index in [0.717, 1.165) is 22.6 Å². The average Bonchev–Trinajstić information content (AvgIpc) is 2.52. The lowest BCUT2D eigenvalue weighted by Crippen LogP contribution is -1.92. The van der Waals surface area contributed by atoms with E-state index in [1.54, 1.807) is 18.9 Å². The highest BCUT2D eigenvalue weighted by Gasteiger charge is 2.05. The quantitative estimate of drug-likeness (QED) is 0.690. The Kier molecular flexibility index (Phi) is 5.74. The van der Waals surface area contributed by atoms with Crippen LogP contribution < -0.4 is 4.74 Å². The predicted molar refractivity (Wildman–Crippen MR) is 87.7 cm³/mol. The summed E-state index contributed by atoms with van der Waals surface area (Å²) in [6.07, 6.45) is 0. The molecule has 108 valence electrons. The van der Waals surface area contributed by atoms with Crippen LogP contribution in [0.1, 0.15) is 16.7 Å². The number of aliphatic hydroxyl groups excluding tert-OH is 1. The highest BCUT2D eigenvalue weighted by molar-refractivity contribution is 7.98. The van der Waals surface area contributed by atoms with Crippen molar-refractivity contribution >= 4 is 11.8 Å². The zero-order valence-electron chi connectivity index (χ0n) is 12.2. The van der Waals surface area contributed by atoms with Crippen LogP contribution in [0.4, 0.5) is 0 Å². The highest BCUT2D eigenvalue weighted by Crippen LogP contribution is 2.28. The minimum absolute atomic E-state index is 0.129. The van der Waals surface area contributed by atoms with Gasteiger partial charge in [0, 0.05) is 16.2 Å². The molecule has 0 radical (unpaired) electrons. The van der Waals surface area contributed by atoms with Crippen LogP contribution in [0.15, 0.2) is 47.4 Å². The Morgan fingerprint density at radius 3 is 2.71 bits per heavy atom. The van der Waals surface area contributed by atoms with E-state index < -0.39 is 0 Å². The molecule has 0 spiro atoms. The maximum absolute atomic E-state index is 8.86. The van der Waals surface area contributed by atoms with Crippen LogP contribution in [-0.2, 0) is 5.75 Å². The highest BCUT2D eigenvalue weighted by atomic mass is 32.2. The lowest BCUT2D eigenvalue weighted by Gasteiger charge is -2.09. The monoisotopic (exact) mass is 298 g/mol. The summed E-state index contributed by atoms with van der Waals surface area (Å²) in [7, 11) is 1.66. The van der Waals surface area contributed by atoms with Gasteiger partial charge in [-0.2, -0.15) is 0 Å². The zero-order chi connectivity index (χ0) is 15.1. The Labute approximate surface area is 130 Å². The fourth-order valence-corrected chi connectivity index (χ4v) is 2.97. The maximum Gasteiger partial charge on any atom is 0.119 e. The Bertz CT molecular complexity index is 668. The van der Waals surface area contributed by atoms with Crippen molar-refractivity contribution in [2.75, 3.05) is 13.7 Å². The summed E-state index contributed by atoms with van der Waals surface area (Å²) in [5.41, 5.74) is 3.32. The average molecular weight is 298 g/mol. The normalized spacial score (nSPS) is 9.86. The lowest BCUT2D eigenvalue weighted by molar-refractivity contribution is 0.350. The molecular weight excluding hydrogens is 280 g/mol. The van der Waals surface area contributed by atoms with Crippen molar-refractivity contribution in [3.63, 3.8) is 0 Å². The Hall–Kier alpha value is -1.89. The van der Waals surface area contributed by atoms with E-state index in [9.17, 15) is 0 Å². The third-order valence-electron chi connectivity index (χ3n) is 3.09. The largest absolute Gasteiger partial charge is 0.497 e. The molecule has 2 aromatic carbocycles. The Morgan fingerprint density at radius 1 is 1.19 bits per heavy atom. The number of rotatable bonds is 4. The molecule has 3 heteroatoms. The fraction of sp³-hybridized carbons (Fsp3) is 0.222. The third kappa shape index (κ3) is 4.29. The molecular formula is C18H18O2S. The van der Waals surface area contributed by atoms with Crippen molar-refractivity contribution in [1.82, 2.24) is 0 Å². The van der Waals surface area contributed by atoms with Crippen molar-refractivity contribution in [1.29, 1.82) is 0 Å². The Morgan fingerprint density at radius 2 is 2.00 bits per heavy atom. The van der Waals surface area contributed by atoms with Gasteiger partial charge in [0.25, 0.3) is 0 Å². The molecule has 0 bridgehead atoms. The van der Waals surface area contributed by atoms with Crippen LogP contribution in [0.5, 0.6) is 5.75 Å². The van der Waals surface area contributed by atoms with Crippen molar-refractivity contribution < 1.29 is 9.84 Å². The van der Waals surface area contributed by atoms with Crippen LogP contribution in [0, 0.1) is 18.8 Å². The van der Waals surface area contributed by atoms with Gasteiger partial charge in [-0.05, 0) is 42.3 Å². The number of hydrogen-bond acceptors (Lipinski definition) is 3. The molecule has 0 fully saturated rings. The second-order valence-electron chi connectivity index (χ2n) is 4.54. The predicted octanol–water partition coefficient (Wildman–Crippen LogP) is 3.64. The topological polar surface area (TPSA) is 29.5 Å². The van der Waals surface area contributed by atoms with Gasteiger partial charge in [0.1, 0.15) is 12.4 Å². The van der Waals surface area contributed by atoms with E-state index in [0.29, 0.717) is 0 Å². The van der Waals surface area contributed by atoms with Crippen LogP contribution in [0.25, 0.3) is 0 Å². The summed E-state index contributed by atoms with van der Waals surface area (Å²) >= 11 is 1.78. The van der Waals surface area contributed by atoms with Crippen molar-refractivity contribution in [3.8, 4) is 17.6 Å². The summed E-state index contributed by atoms with van der Waals surface area (Å²) in [4.78, 5) is 1.27. The van der Waals surface area contributed by atoms with E-state index in [-0.39, 0.29) is 6.61 Å². The molecule has 1 N–H and O–H groups in total. The van der Waals surface area contributed by atoms with E-state index in [1.165, 1.54) is 10.5 Å². The van der Waals surface area contributed by atoms with E-state index in [1.807, 2.05) is 30.3 Å². The van der Waals surface area contributed by atoms with Gasteiger partial charge in [-0.15, -0.1) is 11.8 Å². The molecule has 0 heterocycles. The van der Waals surface area contributed by atoms with Gasteiger partial charge in [-0.3, -0.25) is 0 Å². The standard InChI is InChI=1S/C18H18O2S/c1-14-6-3-4-8-18(14)21-13-16-12-17(20-2)10-9-15(16)7-5-11-19/h3-4,6,8-10,12,19H,11,13H2,1-2H3. The van der Waals surface area contributed by atoms with Gasteiger partial charge >= 0.3 is 0 Å². The number of methoxy groups -OCH3 is 1. The van der Waals surface area contributed by atoms with Gasteiger partial charge in [0.2, 0.25) is 0 Å². The van der Waals surface area contributed by atoms with Crippen LogP contribution in [0.2, 0.25) is 0 Å². The summed E-state index contributed by atoms with van der Waals surface area (Å²) in [6.45, 7) is 1.98. The van der Waals surface area contributed by atoms with Crippen LogP contribution in [0.3, 0.4) is 0 Å². The molecule has 0 aromatic heterocycles. The van der Waals surface area contributed by atoms with Gasteiger partial charge in [0.05, 0.1) is 7.11 Å². The molecule has 0 aliphatic heterocycles. The maximum atomic E-state index is 8.86. The molecule has 2 nitrogen and oxygen atoms in total. The van der Waals surface area contributed by atoms with Gasteiger partial charge in [-0.25, -0.2) is 0 Å². The summed E-state index contributed by atoms with van der Waals surface area (Å²) < 4.78 is 5.28. The first-order valence-electron chi connectivity index (χ1n) is 6.69. The number of aliphatic hydroxyl groups is 1. The van der Waals surface area contributed by atoms with Crippen molar-refractivity contribution in [2.24, 2.45) is 0 Å². The van der Waals surface area contributed by atoms with E-state index in [2.05, 4.69) is 30.9 Å². The van der Waals surface area contributed by atoms with Gasteiger partial charge in [0.15, 0.2) is 0 Å². The molecule has 2 aromatic rings. The number of thioether (sulfide) groups is 1. The Balaban J connectivity index is 2.23. The van der Waals surface area contributed by atoms with Crippen LogP contribution in [-0.4, -0.2) is 18.8 Å². The van der Waals surface area contributed by atoms with E-state index in [4.69, 9.17) is 9.84 Å². The first-order valence-corrected chi connectivity index (χ1v) is 7.68. The molecule has 0 aliphatic rings. The van der Waals surface area contributed by atoms with Crippen molar-refractivity contribution in [2.45, 2.75) is 17.6 Å². The lowest BCUT2D eigenvalue weighted by atomic mass is 10.1. The zero-order valence-corrected chi connectivity index (χ0v) is 13.0. The molecule has 0 unspecified atom stereocenters. The second-order valence-corrected chi connectivity index (χ2v) is 5.55. The number of hydrogen-bond donors (Lipinski definition) is 1. The van der Waals surface area contributed by atoms with Crippen LogP contribution >= 0.6 is 11.8 Å². The minimum Gasteiger partial charge on any atom is -0.497 e. The molecule has 21 heavy (non-hydrogen) atoms. The summed E-state index contributed by atoms with van der Waals surface area (Å²) in [6, 6.07) is 14.2. The van der Waals surface area contributed by atoms with Gasteiger partial charge < -0.3 is 9.84 Å². The SMILES string of the molecule is COc1ccc(C#CCO)c(CSc2ccccc2C)c1. The minimum atomic E-state index is -0.129. The molecule has 0 saturated carbocycles. The van der Waals surface area contributed by atoms with E-state index >= 15 is 0 Å². The molecule has 0 aliphatic carbocycles. The number of ether oxygens (including phenoxy) is 1. The fourth-order valence-electron chi connectivity index (χ4n) is 1.95. The smallest absolute Gasteiger partial charge is 0.119 e. The molecule has 0 atom stereocenters. The molecule has 0 amide bonds.